The van der Waals surface area contributed by atoms with Gasteiger partial charge in [-0.15, -0.1) is 12.4 Å². The number of benzene rings is 2. The minimum Gasteiger partial charge on any atom is -0.435 e. The summed E-state index contributed by atoms with van der Waals surface area (Å²) < 4.78 is 54.8. The van der Waals surface area contributed by atoms with E-state index >= 15 is 0 Å². The Bertz CT molecular complexity index is 872. The van der Waals surface area contributed by atoms with Gasteiger partial charge in [0.25, 0.3) is 0 Å². The third kappa shape index (κ3) is 5.09. The van der Waals surface area contributed by atoms with Gasteiger partial charge in [-0.3, -0.25) is 0 Å². The normalized spacial score (nSPS) is 15.5. The number of rotatable bonds is 5. The highest BCUT2D eigenvalue weighted by molar-refractivity contribution is 7.91. The number of sulfone groups is 1. The van der Waals surface area contributed by atoms with Gasteiger partial charge in [0.05, 0.1) is 9.79 Å². The molecule has 1 aliphatic rings. The van der Waals surface area contributed by atoms with Gasteiger partial charge >= 0.3 is 6.61 Å². The fourth-order valence-electron chi connectivity index (χ4n) is 2.87. The largest absolute Gasteiger partial charge is 0.435 e. The minimum atomic E-state index is -3.83. The molecule has 5 nitrogen and oxygen atoms in total. The van der Waals surface area contributed by atoms with E-state index in [0.29, 0.717) is 0 Å². The van der Waals surface area contributed by atoms with E-state index in [1.165, 1.54) is 24.3 Å². The lowest BCUT2D eigenvalue weighted by molar-refractivity contribution is -0.0499. The van der Waals surface area contributed by atoms with Crippen LogP contribution < -0.4 is 9.64 Å². The van der Waals surface area contributed by atoms with Crippen LogP contribution in [0.4, 0.5) is 14.5 Å². The number of anilines is 1. The Balaban J connectivity index is 0.00000261. The van der Waals surface area contributed by atoms with E-state index in [1.807, 2.05) is 13.1 Å². The molecule has 0 aromatic heterocycles. The summed E-state index contributed by atoms with van der Waals surface area (Å²) in [7, 11) is -1.78. The summed E-state index contributed by atoms with van der Waals surface area (Å²) in [6.07, 6.45) is 0. The van der Waals surface area contributed by atoms with Gasteiger partial charge in [-0.1, -0.05) is 12.1 Å². The second-order valence-electron chi connectivity index (χ2n) is 6.14. The Labute approximate surface area is 163 Å². The number of ether oxygens (including phenoxy) is 1. The van der Waals surface area contributed by atoms with Gasteiger partial charge < -0.3 is 14.5 Å². The van der Waals surface area contributed by atoms with E-state index < -0.39 is 16.4 Å². The fourth-order valence-corrected chi connectivity index (χ4v) is 4.20. The number of hydrogen-bond acceptors (Lipinski definition) is 5. The molecule has 9 heteroatoms. The van der Waals surface area contributed by atoms with E-state index in [1.54, 1.807) is 12.1 Å². The summed E-state index contributed by atoms with van der Waals surface area (Å²) in [5.41, 5.74) is 0.833. The lowest BCUT2D eigenvalue weighted by Gasteiger charge is -2.34. The van der Waals surface area contributed by atoms with Crippen LogP contribution in [-0.4, -0.2) is 53.2 Å². The first-order valence-corrected chi connectivity index (χ1v) is 9.68. The van der Waals surface area contributed by atoms with Crippen LogP contribution in [0.5, 0.6) is 5.75 Å². The Morgan fingerprint density at radius 3 is 2.19 bits per heavy atom. The van der Waals surface area contributed by atoms with Crippen LogP contribution in [0.2, 0.25) is 0 Å². The zero-order valence-electron chi connectivity index (χ0n) is 14.7. The molecule has 0 spiro atoms. The zero-order chi connectivity index (χ0) is 18.7. The van der Waals surface area contributed by atoms with Crippen molar-refractivity contribution in [3.8, 4) is 5.75 Å². The molecule has 0 bridgehead atoms. The molecule has 0 N–H and O–H groups in total. The van der Waals surface area contributed by atoms with Crippen molar-refractivity contribution < 1.29 is 21.9 Å². The Morgan fingerprint density at radius 1 is 0.963 bits per heavy atom. The maximum absolute atomic E-state index is 12.9. The molecule has 1 aliphatic heterocycles. The summed E-state index contributed by atoms with van der Waals surface area (Å²) >= 11 is 0. The molecule has 0 aliphatic carbocycles. The van der Waals surface area contributed by atoms with E-state index in [0.717, 1.165) is 37.9 Å². The Hall–Kier alpha value is -1.90. The highest BCUT2D eigenvalue weighted by atomic mass is 35.5. The second-order valence-corrected chi connectivity index (χ2v) is 8.09. The monoisotopic (exact) mass is 418 g/mol. The van der Waals surface area contributed by atoms with Crippen molar-refractivity contribution in [3.05, 3.63) is 48.5 Å². The van der Waals surface area contributed by atoms with Gasteiger partial charge in [-0.25, -0.2) is 8.42 Å². The number of halogens is 3. The van der Waals surface area contributed by atoms with Gasteiger partial charge in [0.15, 0.2) is 0 Å². The topological polar surface area (TPSA) is 49.9 Å². The van der Waals surface area contributed by atoms with Crippen LogP contribution in [0.3, 0.4) is 0 Å². The van der Waals surface area contributed by atoms with E-state index in [4.69, 9.17) is 0 Å². The Kier molecular flexibility index (Phi) is 7.02. The maximum atomic E-state index is 12.9. The van der Waals surface area contributed by atoms with Crippen molar-refractivity contribution >= 4 is 27.9 Å². The predicted molar refractivity (Wildman–Crippen MR) is 102 cm³/mol. The maximum Gasteiger partial charge on any atom is 0.387 e. The quantitative estimate of drug-likeness (QED) is 0.745. The van der Waals surface area contributed by atoms with Gasteiger partial charge in [0.2, 0.25) is 9.84 Å². The first kappa shape index (κ1) is 21.4. The van der Waals surface area contributed by atoms with Crippen molar-refractivity contribution in [3.63, 3.8) is 0 Å². The minimum absolute atomic E-state index is 0. The van der Waals surface area contributed by atoms with Gasteiger partial charge in [0, 0.05) is 31.9 Å². The number of likely N-dealkylation sites (N-methyl/N-ethyl adjacent to an activating group) is 1. The van der Waals surface area contributed by atoms with Gasteiger partial charge in [0.1, 0.15) is 5.75 Å². The average Bonchev–Trinajstić information content (AvgIpc) is 2.62. The summed E-state index contributed by atoms with van der Waals surface area (Å²) in [6, 6.07) is 11.9. The summed E-state index contributed by atoms with van der Waals surface area (Å²) in [4.78, 5) is 4.40. The van der Waals surface area contributed by atoms with Crippen LogP contribution in [0.25, 0.3) is 0 Å². The molecule has 27 heavy (non-hydrogen) atoms. The first-order valence-electron chi connectivity index (χ1n) is 8.20. The predicted octanol–water partition coefficient (Wildman–Crippen LogP) is 3.29. The molecule has 0 saturated carbocycles. The van der Waals surface area contributed by atoms with Crippen LogP contribution >= 0.6 is 12.4 Å². The van der Waals surface area contributed by atoms with E-state index in [2.05, 4.69) is 14.5 Å². The van der Waals surface area contributed by atoms with Crippen LogP contribution in [0, 0.1) is 0 Å². The average molecular weight is 419 g/mol. The summed E-state index contributed by atoms with van der Waals surface area (Å²) in [5, 5.41) is 0. The molecule has 2 aromatic rings. The van der Waals surface area contributed by atoms with Gasteiger partial charge in [-0.05, 0) is 43.4 Å². The lowest BCUT2D eigenvalue weighted by Crippen LogP contribution is -2.44. The van der Waals surface area contributed by atoms with E-state index in [-0.39, 0.29) is 27.9 Å². The SMILES string of the molecule is CN1CCN(c2cccc(S(=O)(=O)c3cccc(OC(F)F)c3)c2)CC1.Cl. The lowest BCUT2D eigenvalue weighted by atomic mass is 10.2. The smallest absolute Gasteiger partial charge is 0.387 e. The molecule has 0 unspecified atom stereocenters. The third-order valence-corrected chi connectivity index (χ3v) is 6.09. The molecule has 148 valence electrons. The second kappa shape index (κ2) is 8.86. The number of alkyl halides is 2. The van der Waals surface area contributed by atoms with Crippen molar-refractivity contribution in [2.45, 2.75) is 16.4 Å². The highest BCUT2D eigenvalue weighted by Crippen LogP contribution is 2.28. The number of nitrogens with zero attached hydrogens (tertiary/aromatic N) is 2. The summed E-state index contributed by atoms with van der Waals surface area (Å²) in [5.74, 6) is -0.184. The number of hydrogen-bond donors (Lipinski definition) is 0. The molecule has 2 aromatic carbocycles. The standard InChI is InChI=1S/C18H20F2N2O3S.ClH/c1-21-8-10-22(11-9-21)14-4-2-6-16(12-14)26(23,24)17-7-3-5-15(13-17)25-18(19)20;/h2-7,12-13,18H,8-11H2,1H3;1H. The molecule has 3 rings (SSSR count). The fraction of sp³-hybridized carbons (Fsp3) is 0.333. The molecule has 0 amide bonds. The van der Waals surface area contributed by atoms with Crippen molar-refractivity contribution in [1.82, 2.24) is 4.90 Å². The molecule has 1 fully saturated rings. The Morgan fingerprint density at radius 2 is 1.56 bits per heavy atom. The van der Waals surface area contributed by atoms with Crippen molar-refractivity contribution in [1.29, 1.82) is 0 Å². The van der Waals surface area contributed by atoms with Crippen LogP contribution in [-0.2, 0) is 9.84 Å². The summed E-state index contributed by atoms with van der Waals surface area (Å²) in [6.45, 7) is 0.442. The number of piperazine rings is 1. The molecular weight excluding hydrogens is 398 g/mol. The molecule has 1 heterocycles. The first-order chi connectivity index (χ1) is 12.4. The van der Waals surface area contributed by atoms with E-state index in [9.17, 15) is 17.2 Å². The van der Waals surface area contributed by atoms with Crippen LogP contribution in [0.1, 0.15) is 0 Å². The third-order valence-electron chi connectivity index (χ3n) is 4.34. The molecular formula is C18H21ClF2N2O3S. The zero-order valence-corrected chi connectivity index (χ0v) is 16.3. The van der Waals surface area contributed by atoms with Crippen molar-refractivity contribution in [2.75, 3.05) is 38.1 Å². The molecule has 0 radical (unpaired) electrons. The molecule has 0 atom stereocenters. The van der Waals surface area contributed by atoms with Gasteiger partial charge in [-0.2, -0.15) is 8.78 Å². The van der Waals surface area contributed by atoms with Crippen molar-refractivity contribution in [2.24, 2.45) is 0 Å². The van der Waals surface area contributed by atoms with Crippen LogP contribution in [0.15, 0.2) is 58.3 Å². The molecule has 1 saturated heterocycles. The highest BCUT2D eigenvalue weighted by Gasteiger charge is 2.21.